The minimum Gasteiger partial charge on any atom is -0.497 e. The summed E-state index contributed by atoms with van der Waals surface area (Å²) in [5.74, 6) is 2.77. The van der Waals surface area contributed by atoms with Crippen molar-refractivity contribution in [2.24, 2.45) is 23.7 Å². The number of methoxy groups -OCH3 is 1. The first kappa shape index (κ1) is 26.4. The number of hydrogen-bond acceptors (Lipinski definition) is 7. The molecule has 202 valence electrons. The Morgan fingerprint density at radius 2 is 1.54 bits per heavy atom. The molecule has 7 nitrogen and oxygen atoms in total. The molecule has 5 rings (SSSR count). The summed E-state index contributed by atoms with van der Waals surface area (Å²) in [4.78, 5) is 0. The maximum atomic E-state index is 6.38. The van der Waals surface area contributed by atoms with Crippen LogP contribution in [0.4, 0.5) is 0 Å². The van der Waals surface area contributed by atoms with Gasteiger partial charge in [0.05, 0.1) is 32.5 Å². The van der Waals surface area contributed by atoms with E-state index in [4.69, 9.17) is 33.2 Å². The molecule has 37 heavy (non-hydrogen) atoms. The second kappa shape index (κ2) is 11.7. The van der Waals surface area contributed by atoms with Gasteiger partial charge in [-0.1, -0.05) is 58.0 Å². The predicted octanol–water partition coefficient (Wildman–Crippen LogP) is 5.59. The number of fused-ring (bicyclic) bond motifs is 1. The molecular formula is C30H40O7. The van der Waals surface area contributed by atoms with Crippen LogP contribution in [-0.2, 0) is 23.7 Å². The van der Waals surface area contributed by atoms with Crippen molar-refractivity contribution in [2.75, 3.05) is 20.3 Å². The van der Waals surface area contributed by atoms with Crippen molar-refractivity contribution in [1.29, 1.82) is 0 Å². The quantitative estimate of drug-likeness (QED) is 0.479. The average molecular weight is 513 g/mol. The van der Waals surface area contributed by atoms with Gasteiger partial charge in [-0.3, -0.25) is 0 Å². The standard InChI is InChI=1S/C30H40O7/c1-18-15-27(34-24-13-11-23(31-5)12-14-24)35-25(19(18)2)16-32-29-21(4)20(3)28-26(36-29)17-33-30(37-28)22-9-7-6-8-10-22/h6-14,18-21,25-30H,15-17H2,1-5H3/t18-,19+,20-,21?,25?,26?,27+,28+,29-,30?/m1/s1. The van der Waals surface area contributed by atoms with Crippen molar-refractivity contribution in [2.45, 2.75) is 71.3 Å². The van der Waals surface area contributed by atoms with Gasteiger partial charge in [0.15, 0.2) is 18.9 Å². The van der Waals surface area contributed by atoms with E-state index in [0.717, 1.165) is 23.5 Å². The van der Waals surface area contributed by atoms with Crippen LogP contribution in [0, 0.1) is 23.7 Å². The Kier molecular flexibility index (Phi) is 8.37. The van der Waals surface area contributed by atoms with Crippen molar-refractivity contribution in [3.05, 3.63) is 60.2 Å². The molecule has 0 N–H and O–H groups in total. The first-order valence-electron chi connectivity index (χ1n) is 13.5. The minimum absolute atomic E-state index is 0.0408. The van der Waals surface area contributed by atoms with Crippen LogP contribution >= 0.6 is 0 Å². The van der Waals surface area contributed by atoms with Crippen LogP contribution in [0.2, 0.25) is 0 Å². The van der Waals surface area contributed by atoms with Crippen molar-refractivity contribution in [3.63, 3.8) is 0 Å². The zero-order valence-electron chi connectivity index (χ0n) is 22.4. The van der Waals surface area contributed by atoms with E-state index in [-0.39, 0.29) is 49.0 Å². The van der Waals surface area contributed by atoms with E-state index in [1.807, 2.05) is 54.6 Å². The fraction of sp³-hybridized carbons (Fsp3) is 0.600. The Labute approximate surface area is 220 Å². The van der Waals surface area contributed by atoms with Crippen molar-refractivity contribution in [1.82, 2.24) is 0 Å². The van der Waals surface area contributed by atoms with Crippen molar-refractivity contribution < 1.29 is 33.2 Å². The molecule has 3 saturated heterocycles. The minimum atomic E-state index is -0.362. The summed E-state index contributed by atoms with van der Waals surface area (Å²) in [6.45, 7) is 9.78. The third kappa shape index (κ3) is 5.96. The monoisotopic (exact) mass is 512 g/mol. The molecular weight excluding hydrogens is 472 g/mol. The lowest BCUT2D eigenvalue weighted by molar-refractivity contribution is -0.346. The molecule has 4 unspecified atom stereocenters. The van der Waals surface area contributed by atoms with E-state index >= 15 is 0 Å². The van der Waals surface area contributed by atoms with Crippen LogP contribution in [0.1, 0.15) is 46.0 Å². The maximum absolute atomic E-state index is 6.38. The lowest BCUT2D eigenvalue weighted by Gasteiger charge is -2.48. The van der Waals surface area contributed by atoms with E-state index in [2.05, 4.69) is 27.7 Å². The second-order valence-electron chi connectivity index (χ2n) is 10.7. The van der Waals surface area contributed by atoms with Gasteiger partial charge in [-0.05, 0) is 42.0 Å². The van der Waals surface area contributed by atoms with E-state index in [1.165, 1.54) is 0 Å². The van der Waals surface area contributed by atoms with E-state index in [9.17, 15) is 0 Å². The number of ether oxygens (including phenoxy) is 7. The molecule has 3 heterocycles. The Morgan fingerprint density at radius 3 is 2.27 bits per heavy atom. The highest BCUT2D eigenvalue weighted by Gasteiger charge is 2.47. The molecule has 0 aliphatic carbocycles. The average Bonchev–Trinajstić information content (AvgIpc) is 2.93. The van der Waals surface area contributed by atoms with Gasteiger partial charge in [0.1, 0.15) is 17.6 Å². The van der Waals surface area contributed by atoms with Crippen LogP contribution in [0.3, 0.4) is 0 Å². The Bertz CT molecular complexity index is 981. The number of benzene rings is 2. The zero-order valence-corrected chi connectivity index (χ0v) is 22.4. The molecule has 3 aliphatic rings. The van der Waals surface area contributed by atoms with Crippen LogP contribution < -0.4 is 9.47 Å². The second-order valence-corrected chi connectivity index (χ2v) is 10.7. The third-order valence-corrected chi connectivity index (χ3v) is 8.34. The summed E-state index contributed by atoms with van der Waals surface area (Å²) in [7, 11) is 1.65. The van der Waals surface area contributed by atoms with E-state index in [1.54, 1.807) is 7.11 Å². The molecule has 3 aliphatic heterocycles. The summed E-state index contributed by atoms with van der Waals surface area (Å²) < 4.78 is 42.9. The summed E-state index contributed by atoms with van der Waals surface area (Å²) >= 11 is 0. The molecule has 2 aromatic rings. The highest BCUT2D eigenvalue weighted by Crippen LogP contribution is 2.40. The van der Waals surface area contributed by atoms with Gasteiger partial charge in [-0.2, -0.15) is 0 Å². The van der Waals surface area contributed by atoms with Crippen LogP contribution in [-0.4, -0.2) is 51.2 Å². The number of hydrogen-bond donors (Lipinski definition) is 0. The smallest absolute Gasteiger partial charge is 0.200 e. The first-order chi connectivity index (χ1) is 17.9. The Balaban J connectivity index is 1.17. The molecule has 7 heteroatoms. The van der Waals surface area contributed by atoms with E-state index in [0.29, 0.717) is 25.0 Å². The van der Waals surface area contributed by atoms with Gasteiger partial charge >= 0.3 is 0 Å². The van der Waals surface area contributed by atoms with Gasteiger partial charge in [0.25, 0.3) is 0 Å². The van der Waals surface area contributed by atoms with Crippen LogP contribution in [0.25, 0.3) is 0 Å². The normalized spacial score (nSPS) is 38.0. The highest BCUT2D eigenvalue weighted by atomic mass is 16.7. The molecule has 0 saturated carbocycles. The van der Waals surface area contributed by atoms with E-state index < -0.39 is 0 Å². The molecule has 3 fully saturated rings. The topological polar surface area (TPSA) is 64.6 Å². The maximum Gasteiger partial charge on any atom is 0.200 e. The molecule has 0 amide bonds. The Hall–Kier alpha value is -2.16. The van der Waals surface area contributed by atoms with Crippen molar-refractivity contribution >= 4 is 0 Å². The predicted molar refractivity (Wildman–Crippen MR) is 138 cm³/mol. The third-order valence-electron chi connectivity index (χ3n) is 8.34. The van der Waals surface area contributed by atoms with Gasteiger partial charge in [-0.25, -0.2) is 0 Å². The van der Waals surface area contributed by atoms with Crippen LogP contribution in [0.5, 0.6) is 11.5 Å². The first-order valence-corrected chi connectivity index (χ1v) is 13.5. The van der Waals surface area contributed by atoms with Gasteiger partial charge < -0.3 is 33.2 Å². The zero-order chi connectivity index (χ0) is 25.9. The fourth-order valence-corrected chi connectivity index (χ4v) is 5.47. The summed E-state index contributed by atoms with van der Waals surface area (Å²) in [5.41, 5.74) is 1.03. The SMILES string of the molecule is COc1ccc(O[C@@H]2C[C@@H](C)[C@H](C)C(CO[C@@H]3OC4COC(c5ccccc5)O[C@H]4[C@H](C)C3C)O2)cc1. The molecule has 2 aromatic carbocycles. The summed E-state index contributed by atoms with van der Waals surface area (Å²) in [6, 6.07) is 17.7. The fourth-order valence-electron chi connectivity index (χ4n) is 5.47. The van der Waals surface area contributed by atoms with Gasteiger partial charge in [0, 0.05) is 17.9 Å². The molecule has 0 aromatic heterocycles. The lowest BCUT2D eigenvalue weighted by atomic mass is 9.84. The lowest BCUT2D eigenvalue weighted by Crippen LogP contribution is -2.56. The molecule has 0 spiro atoms. The number of rotatable bonds is 7. The molecule has 0 bridgehead atoms. The molecule has 10 atom stereocenters. The Morgan fingerprint density at radius 1 is 0.811 bits per heavy atom. The van der Waals surface area contributed by atoms with Crippen LogP contribution in [0.15, 0.2) is 54.6 Å². The van der Waals surface area contributed by atoms with Crippen molar-refractivity contribution in [3.8, 4) is 11.5 Å². The summed E-state index contributed by atoms with van der Waals surface area (Å²) in [5, 5.41) is 0. The highest BCUT2D eigenvalue weighted by molar-refractivity contribution is 5.31. The largest absolute Gasteiger partial charge is 0.497 e. The molecule has 0 radical (unpaired) electrons. The van der Waals surface area contributed by atoms with Gasteiger partial charge in [-0.15, -0.1) is 0 Å². The van der Waals surface area contributed by atoms with Gasteiger partial charge in [0.2, 0.25) is 0 Å². The summed E-state index contributed by atoms with van der Waals surface area (Å²) in [6.07, 6.45) is -0.484.